The molecule has 0 aliphatic carbocycles. The van der Waals surface area contributed by atoms with Gasteiger partial charge in [-0.15, -0.1) is 0 Å². The molecule has 1 N–H and O–H groups in total. The number of rotatable bonds is 4. The van der Waals surface area contributed by atoms with Crippen molar-refractivity contribution in [1.29, 1.82) is 0 Å². The largest absolute Gasteiger partial charge is 0.326 e. The van der Waals surface area contributed by atoms with Gasteiger partial charge in [0.25, 0.3) is 0 Å². The normalized spacial score (nSPS) is 13.3. The molecule has 0 radical (unpaired) electrons. The summed E-state index contributed by atoms with van der Waals surface area (Å²) >= 11 is 0. The molecule has 2 heteroatoms. The fourth-order valence-corrected chi connectivity index (χ4v) is 1.26. The molecular formula is C12H21NO. The molecule has 14 heavy (non-hydrogen) atoms. The summed E-state index contributed by atoms with van der Waals surface area (Å²) in [6.45, 7) is 10.2. The lowest BCUT2D eigenvalue weighted by atomic mass is 10.0. The van der Waals surface area contributed by atoms with E-state index in [-0.39, 0.29) is 5.91 Å². The number of carbonyl (C=O) groups excluding carboxylic acids is 1. The van der Waals surface area contributed by atoms with E-state index in [1.165, 1.54) is 5.57 Å². The molecule has 0 heterocycles. The van der Waals surface area contributed by atoms with E-state index in [0.717, 1.165) is 12.1 Å². The van der Waals surface area contributed by atoms with Crippen molar-refractivity contribution in [3.8, 4) is 0 Å². The van der Waals surface area contributed by atoms with Crippen molar-refractivity contribution in [2.45, 2.75) is 41.0 Å². The van der Waals surface area contributed by atoms with Crippen LogP contribution in [0.5, 0.6) is 0 Å². The number of nitrogens with one attached hydrogen (secondary N) is 1. The minimum absolute atomic E-state index is 0.0380. The van der Waals surface area contributed by atoms with E-state index >= 15 is 0 Å². The van der Waals surface area contributed by atoms with Gasteiger partial charge in [-0.3, -0.25) is 4.79 Å². The summed E-state index contributed by atoms with van der Waals surface area (Å²) in [4.78, 5) is 11.3. The summed E-state index contributed by atoms with van der Waals surface area (Å²) in [6, 6.07) is 0. The summed E-state index contributed by atoms with van der Waals surface area (Å²) in [7, 11) is 0. The molecule has 0 aromatic rings. The quantitative estimate of drug-likeness (QED) is 0.686. The Bertz CT molecular complexity index is 249. The zero-order valence-electron chi connectivity index (χ0n) is 9.85. The molecule has 0 fully saturated rings. The van der Waals surface area contributed by atoms with Crippen LogP contribution in [0, 0.1) is 5.92 Å². The lowest BCUT2D eigenvalue weighted by Crippen LogP contribution is -2.24. The summed E-state index contributed by atoms with van der Waals surface area (Å²) in [5.74, 6) is 0.327. The molecular weight excluding hydrogens is 174 g/mol. The lowest BCUT2D eigenvalue weighted by molar-refractivity contribution is -0.116. The molecule has 0 saturated carbocycles. The molecule has 0 saturated heterocycles. The van der Waals surface area contributed by atoms with Gasteiger partial charge < -0.3 is 5.32 Å². The van der Waals surface area contributed by atoms with Gasteiger partial charge in [-0.1, -0.05) is 32.4 Å². The van der Waals surface area contributed by atoms with Gasteiger partial charge in [0.1, 0.15) is 0 Å². The van der Waals surface area contributed by atoms with E-state index in [4.69, 9.17) is 0 Å². The minimum Gasteiger partial charge on any atom is -0.326 e. The van der Waals surface area contributed by atoms with E-state index in [9.17, 15) is 4.79 Å². The van der Waals surface area contributed by atoms with Crippen LogP contribution in [0.2, 0.25) is 0 Å². The third-order valence-electron chi connectivity index (χ3n) is 2.14. The van der Waals surface area contributed by atoms with Crippen molar-refractivity contribution in [2.75, 3.05) is 0 Å². The van der Waals surface area contributed by atoms with E-state index in [0.29, 0.717) is 5.92 Å². The van der Waals surface area contributed by atoms with Crippen LogP contribution in [-0.2, 0) is 4.79 Å². The predicted molar refractivity (Wildman–Crippen MR) is 60.8 cm³/mol. The zero-order valence-corrected chi connectivity index (χ0v) is 9.85. The Hall–Kier alpha value is -1.05. The topological polar surface area (TPSA) is 29.1 Å². The van der Waals surface area contributed by atoms with Gasteiger partial charge in [0.15, 0.2) is 0 Å². The highest BCUT2D eigenvalue weighted by molar-refractivity contribution is 5.88. The van der Waals surface area contributed by atoms with E-state index < -0.39 is 0 Å². The van der Waals surface area contributed by atoms with Gasteiger partial charge in [-0.05, 0) is 32.3 Å². The van der Waals surface area contributed by atoms with Gasteiger partial charge in [0.2, 0.25) is 5.91 Å². The molecule has 0 spiro atoms. The maximum atomic E-state index is 11.3. The van der Waals surface area contributed by atoms with Crippen LogP contribution in [0.1, 0.15) is 41.0 Å². The summed E-state index contributed by atoms with van der Waals surface area (Å²) in [5.41, 5.74) is 2.30. The zero-order chi connectivity index (χ0) is 11.1. The number of carbonyl (C=O) groups is 1. The highest BCUT2D eigenvalue weighted by Crippen LogP contribution is 2.14. The first kappa shape index (κ1) is 12.9. The van der Waals surface area contributed by atoms with Crippen molar-refractivity contribution in [1.82, 2.24) is 5.32 Å². The van der Waals surface area contributed by atoms with Crippen molar-refractivity contribution in [2.24, 2.45) is 5.92 Å². The van der Waals surface area contributed by atoms with Gasteiger partial charge in [-0.25, -0.2) is 0 Å². The molecule has 0 bridgehead atoms. The number of hydrogen-bond donors (Lipinski definition) is 1. The second-order valence-corrected chi connectivity index (χ2v) is 3.69. The Morgan fingerprint density at radius 1 is 1.43 bits per heavy atom. The van der Waals surface area contributed by atoms with Gasteiger partial charge in [0.05, 0.1) is 0 Å². The van der Waals surface area contributed by atoms with Crippen LogP contribution >= 0.6 is 0 Å². The first-order valence-electron chi connectivity index (χ1n) is 5.16. The maximum absolute atomic E-state index is 11.3. The Balaban J connectivity index is 4.63. The number of amides is 1. The van der Waals surface area contributed by atoms with Crippen molar-refractivity contribution in [3.63, 3.8) is 0 Å². The molecule has 0 rings (SSSR count). The lowest BCUT2D eigenvalue weighted by Gasteiger charge is -2.15. The predicted octanol–water partition coefficient (Wildman–Crippen LogP) is 3.02. The van der Waals surface area contributed by atoms with Crippen LogP contribution < -0.4 is 5.32 Å². The monoisotopic (exact) mass is 195 g/mol. The molecule has 80 valence electrons. The van der Waals surface area contributed by atoms with Crippen molar-refractivity contribution >= 4 is 5.91 Å². The third kappa shape index (κ3) is 4.26. The SMILES string of the molecule is C/C=C\C(=O)N/C(=C(\C)CC)C(C)C. The number of allylic oxidation sites excluding steroid dienone is 3. The molecule has 2 nitrogen and oxygen atoms in total. The molecule has 0 aromatic carbocycles. The Morgan fingerprint density at radius 3 is 2.36 bits per heavy atom. The highest BCUT2D eigenvalue weighted by atomic mass is 16.1. The fourth-order valence-electron chi connectivity index (χ4n) is 1.26. The van der Waals surface area contributed by atoms with Gasteiger partial charge >= 0.3 is 0 Å². The van der Waals surface area contributed by atoms with Crippen LogP contribution in [0.4, 0.5) is 0 Å². The smallest absolute Gasteiger partial charge is 0.247 e. The molecule has 1 amide bonds. The first-order chi connectivity index (χ1) is 6.52. The van der Waals surface area contributed by atoms with Crippen LogP contribution in [0.25, 0.3) is 0 Å². The van der Waals surface area contributed by atoms with Crippen molar-refractivity contribution in [3.05, 3.63) is 23.4 Å². The number of hydrogen-bond acceptors (Lipinski definition) is 1. The average Bonchev–Trinajstić information content (AvgIpc) is 2.13. The second kappa shape index (κ2) is 6.41. The van der Waals surface area contributed by atoms with Crippen LogP contribution in [-0.4, -0.2) is 5.91 Å². The fraction of sp³-hybridized carbons (Fsp3) is 0.583. The standard InChI is InChI=1S/C12H21NO/c1-6-8-11(14)13-12(9(3)4)10(5)7-2/h6,8-9H,7H2,1-5H3,(H,13,14)/b8-6-,12-10+. The van der Waals surface area contributed by atoms with Crippen molar-refractivity contribution < 1.29 is 4.79 Å². The highest BCUT2D eigenvalue weighted by Gasteiger charge is 2.08. The van der Waals surface area contributed by atoms with E-state index in [1.807, 2.05) is 6.92 Å². The molecule has 0 aliphatic rings. The van der Waals surface area contributed by atoms with Gasteiger partial charge in [-0.2, -0.15) is 0 Å². The summed E-state index contributed by atoms with van der Waals surface area (Å²) in [6.07, 6.45) is 4.27. The summed E-state index contributed by atoms with van der Waals surface area (Å²) in [5, 5.41) is 2.92. The van der Waals surface area contributed by atoms with Crippen LogP contribution in [0.15, 0.2) is 23.4 Å². The minimum atomic E-state index is -0.0380. The van der Waals surface area contributed by atoms with E-state index in [1.54, 1.807) is 12.2 Å². The maximum Gasteiger partial charge on any atom is 0.247 e. The molecule has 0 aliphatic heterocycles. The van der Waals surface area contributed by atoms with E-state index in [2.05, 4.69) is 33.0 Å². The third-order valence-corrected chi connectivity index (χ3v) is 2.14. The second-order valence-electron chi connectivity index (χ2n) is 3.69. The molecule has 0 unspecified atom stereocenters. The Labute approximate surface area is 87.1 Å². The molecule has 0 atom stereocenters. The first-order valence-corrected chi connectivity index (χ1v) is 5.16. The molecule has 0 aromatic heterocycles. The van der Waals surface area contributed by atoms with Gasteiger partial charge in [0, 0.05) is 5.70 Å². The Kier molecular flexibility index (Phi) is 5.93. The average molecular weight is 195 g/mol. The summed E-state index contributed by atoms with van der Waals surface area (Å²) < 4.78 is 0. The Morgan fingerprint density at radius 2 is 2.00 bits per heavy atom. The van der Waals surface area contributed by atoms with Crippen LogP contribution in [0.3, 0.4) is 0 Å².